The van der Waals surface area contributed by atoms with Crippen molar-refractivity contribution in [3.8, 4) is 0 Å². The molecule has 0 saturated carbocycles. The van der Waals surface area contributed by atoms with Gasteiger partial charge in [-0.05, 0) is 28.1 Å². The van der Waals surface area contributed by atoms with E-state index in [1.165, 1.54) is 11.4 Å². The highest BCUT2D eigenvalue weighted by atomic mass is 79.9. The Bertz CT molecular complexity index is 569. The Labute approximate surface area is 127 Å². The molecule has 5 nitrogen and oxygen atoms in total. The second-order valence-corrected chi connectivity index (χ2v) is 7.90. The predicted octanol–water partition coefficient (Wildman–Crippen LogP) is 1.61. The summed E-state index contributed by atoms with van der Waals surface area (Å²) in [7, 11) is -2.13. The molecule has 0 radical (unpaired) electrons. The smallest absolute Gasteiger partial charge is 0.244 e. The fourth-order valence-electron chi connectivity index (χ4n) is 2.23. The summed E-state index contributed by atoms with van der Waals surface area (Å²) in [6.07, 6.45) is 0.894. The summed E-state index contributed by atoms with van der Waals surface area (Å²) in [4.78, 5) is 0.207. The molecule has 0 atom stereocenters. The number of likely N-dealkylation sites (N-methyl/N-ethyl adjacent to an activating group) is 1. The fraction of sp³-hybridized carbons (Fsp3) is 0.538. The molecule has 20 heavy (non-hydrogen) atoms. The predicted molar refractivity (Wildman–Crippen MR) is 79.0 cm³/mol. The lowest BCUT2D eigenvalue weighted by Gasteiger charge is -2.35. The second kappa shape index (κ2) is 6.11. The van der Waals surface area contributed by atoms with Gasteiger partial charge in [0.2, 0.25) is 10.0 Å². The van der Waals surface area contributed by atoms with E-state index in [-0.39, 0.29) is 11.4 Å². The lowest BCUT2D eigenvalue weighted by atomic mass is 9.95. The molecule has 1 aliphatic heterocycles. The fourth-order valence-corrected chi connectivity index (χ4v) is 4.44. The molecule has 0 spiro atoms. The van der Waals surface area contributed by atoms with Crippen LogP contribution in [0, 0.1) is 0 Å². The highest BCUT2D eigenvalue weighted by Crippen LogP contribution is 2.27. The standard InChI is InChI=1S/C13H18BrNO4S/c1-15(10-13(16)6-8-19-9-7-13)20(17,18)12-5-3-2-4-11(12)14/h2-5,16H,6-10H2,1H3. The number of rotatable bonds is 4. The van der Waals surface area contributed by atoms with E-state index in [2.05, 4.69) is 15.9 Å². The van der Waals surface area contributed by atoms with Crippen molar-refractivity contribution in [1.29, 1.82) is 0 Å². The van der Waals surface area contributed by atoms with E-state index in [0.29, 0.717) is 30.5 Å². The topological polar surface area (TPSA) is 66.8 Å². The van der Waals surface area contributed by atoms with Gasteiger partial charge in [-0.15, -0.1) is 0 Å². The minimum absolute atomic E-state index is 0.0695. The van der Waals surface area contributed by atoms with Gasteiger partial charge in [0.05, 0.1) is 10.5 Å². The monoisotopic (exact) mass is 363 g/mol. The third kappa shape index (κ3) is 3.40. The first-order valence-electron chi connectivity index (χ1n) is 6.36. The molecule has 1 saturated heterocycles. The maximum atomic E-state index is 12.5. The minimum atomic E-state index is -3.62. The quantitative estimate of drug-likeness (QED) is 0.882. The largest absolute Gasteiger partial charge is 0.388 e. The number of benzene rings is 1. The van der Waals surface area contributed by atoms with Gasteiger partial charge >= 0.3 is 0 Å². The molecular formula is C13H18BrNO4S. The average molecular weight is 364 g/mol. The van der Waals surface area contributed by atoms with Crippen molar-refractivity contribution in [2.75, 3.05) is 26.8 Å². The summed E-state index contributed by atoms with van der Waals surface area (Å²) in [5.74, 6) is 0. The molecular weight excluding hydrogens is 346 g/mol. The molecule has 1 aromatic carbocycles. The first-order chi connectivity index (χ1) is 9.35. The third-order valence-corrected chi connectivity index (χ3v) is 6.28. The SMILES string of the molecule is CN(CC1(O)CCOCC1)S(=O)(=O)c1ccccc1Br. The molecule has 0 aliphatic carbocycles. The summed E-state index contributed by atoms with van der Waals surface area (Å²) in [5.41, 5.74) is -1.01. The summed E-state index contributed by atoms with van der Waals surface area (Å²) in [6.45, 7) is 0.985. The van der Waals surface area contributed by atoms with Crippen LogP contribution in [0.2, 0.25) is 0 Å². The van der Waals surface area contributed by atoms with Crippen molar-refractivity contribution >= 4 is 26.0 Å². The Balaban J connectivity index is 2.19. The van der Waals surface area contributed by atoms with E-state index in [9.17, 15) is 13.5 Å². The van der Waals surface area contributed by atoms with Crippen LogP contribution in [0.5, 0.6) is 0 Å². The van der Waals surface area contributed by atoms with Gasteiger partial charge in [0.25, 0.3) is 0 Å². The zero-order valence-electron chi connectivity index (χ0n) is 11.3. The molecule has 1 aliphatic rings. The normalized spacial score (nSPS) is 19.2. The maximum absolute atomic E-state index is 12.5. The molecule has 1 fully saturated rings. The zero-order valence-corrected chi connectivity index (χ0v) is 13.7. The lowest BCUT2D eigenvalue weighted by molar-refractivity contribution is -0.0689. The Morgan fingerprint density at radius 2 is 1.95 bits per heavy atom. The van der Waals surface area contributed by atoms with Crippen molar-refractivity contribution in [1.82, 2.24) is 4.31 Å². The molecule has 0 unspecified atom stereocenters. The van der Waals surface area contributed by atoms with Crippen molar-refractivity contribution in [2.24, 2.45) is 0 Å². The van der Waals surface area contributed by atoms with Crippen LogP contribution in [-0.2, 0) is 14.8 Å². The highest BCUT2D eigenvalue weighted by Gasteiger charge is 2.35. The number of nitrogens with zero attached hydrogens (tertiary/aromatic N) is 1. The van der Waals surface area contributed by atoms with Gasteiger partial charge in [0.15, 0.2) is 0 Å². The van der Waals surface area contributed by atoms with Crippen LogP contribution in [0.3, 0.4) is 0 Å². The van der Waals surface area contributed by atoms with Gasteiger partial charge in [-0.25, -0.2) is 8.42 Å². The van der Waals surface area contributed by atoms with Crippen molar-refractivity contribution in [3.05, 3.63) is 28.7 Å². The van der Waals surface area contributed by atoms with E-state index in [4.69, 9.17) is 4.74 Å². The molecule has 1 aromatic rings. The molecule has 112 valence electrons. The van der Waals surface area contributed by atoms with Crippen LogP contribution < -0.4 is 0 Å². The molecule has 7 heteroatoms. The third-order valence-electron chi connectivity index (χ3n) is 3.47. The second-order valence-electron chi connectivity index (χ2n) is 5.03. The molecule has 1 heterocycles. The minimum Gasteiger partial charge on any atom is -0.388 e. The van der Waals surface area contributed by atoms with Crippen LogP contribution in [0.15, 0.2) is 33.6 Å². The first kappa shape index (κ1) is 15.9. The van der Waals surface area contributed by atoms with E-state index < -0.39 is 15.6 Å². The Kier molecular flexibility index (Phi) is 4.86. The van der Waals surface area contributed by atoms with E-state index in [1.807, 2.05) is 0 Å². The Morgan fingerprint density at radius 1 is 1.35 bits per heavy atom. The summed E-state index contributed by atoms with van der Waals surface area (Å²) >= 11 is 3.25. The lowest BCUT2D eigenvalue weighted by Crippen LogP contribution is -2.47. The number of halogens is 1. The van der Waals surface area contributed by atoms with Gasteiger partial charge in [-0.2, -0.15) is 4.31 Å². The first-order valence-corrected chi connectivity index (χ1v) is 8.59. The van der Waals surface area contributed by atoms with Crippen LogP contribution in [0.1, 0.15) is 12.8 Å². The van der Waals surface area contributed by atoms with Gasteiger partial charge < -0.3 is 9.84 Å². The molecule has 0 aromatic heterocycles. The molecule has 1 N–H and O–H groups in total. The van der Waals surface area contributed by atoms with Crippen molar-refractivity contribution in [3.63, 3.8) is 0 Å². The Morgan fingerprint density at radius 3 is 2.55 bits per heavy atom. The van der Waals surface area contributed by atoms with Gasteiger partial charge in [-0.1, -0.05) is 12.1 Å². The van der Waals surface area contributed by atoms with Crippen LogP contribution in [0.25, 0.3) is 0 Å². The summed E-state index contributed by atoms with van der Waals surface area (Å²) in [5, 5.41) is 10.4. The maximum Gasteiger partial charge on any atom is 0.244 e. The molecule has 0 amide bonds. The van der Waals surface area contributed by atoms with E-state index in [1.54, 1.807) is 24.3 Å². The van der Waals surface area contributed by atoms with Crippen LogP contribution in [0.4, 0.5) is 0 Å². The van der Waals surface area contributed by atoms with Crippen LogP contribution >= 0.6 is 15.9 Å². The van der Waals surface area contributed by atoms with E-state index in [0.717, 1.165) is 0 Å². The average Bonchev–Trinajstić information content (AvgIpc) is 2.39. The summed E-state index contributed by atoms with van der Waals surface area (Å²) < 4.78 is 32.0. The number of hydrogen-bond donors (Lipinski definition) is 1. The van der Waals surface area contributed by atoms with Crippen LogP contribution in [-0.4, -0.2) is 50.2 Å². The number of sulfonamides is 1. The van der Waals surface area contributed by atoms with Gasteiger partial charge in [-0.3, -0.25) is 0 Å². The Hall–Kier alpha value is -0.470. The van der Waals surface area contributed by atoms with E-state index >= 15 is 0 Å². The number of hydrogen-bond acceptors (Lipinski definition) is 4. The molecule has 2 rings (SSSR count). The molecule has 0 bridgehead atoms. The summed E-state index contributed by atoms with van der Waals surface area (Å²) in [6, 6.07) is 6.66. The van der Waals surface area contributed by atoms with Gasteiger partial charge in [0, 0.05) is 44.1 Å². The van der Waals surface area contributed by atoms with Crippen molar-refractivity contribution < 1.29 is 18.3 Å². The van der Waals surface area contributed by atoms with Crippen molar-refractivity contribution in [2.45, 2.75) is 23.3 Å². The zero-order chi connectivity index (χ0) is 14.8. The number of aliphatic hydroxyl groups is 1. The highest BCUT2D eigenvalue weighted by molar-refractivity contribution is 9.10. The van der Waals surface area contributed by atoms with Gasteiger partial charge in [0.1, 0.15) is 0 Å². The number of ether oxygens (including phenoxy) is 1.